The maximum Gasteiger partial charge on any atom is 0.270 e. The number of aromatic nitrogens is 4. The number of H-pyrrole nitrogens is 1. The first-order valence-corrected chi connectivity index (χ1v) is 7.61. The highest BCUT2D eigenvalue weighted by Gasteiger charge is 2.30. The Hall–Kier alpha value is -1.67. The zero-order chi connectivity index (χ0) is 14.8. The highest BCUT2D eigenvalue weighted by molar-refractivity contribution is 9.10. The van der Waals surface area contributed by atoms with E-state index in [-0.39, 0.29) is 18.6 Å². The number of carbonyl (C=O) groups excluding carboxylic acids is 1. The van der Waals surface area contributed by atoms with Crippen molar-refractivity contribution in [3.63, 3.8) is 0 Å². The highest BCUT2D eigenvalue weighted by atomic mass is 79.9. The number of nitrogens with one attached hydrogen (secondary N) is 1. The smallest absolute Gasteiger partial charge is 0.270 e. The molecule has 0 spiro atoms. The number of likely N-dealkylation sites (tertiary alicyclic amines) is 1. The lowest BCUT2D eigenvalue weighted by atomic mass is 10.2. The van der Waals surface area contributed by atoms with E-state index in [1.54, 1.807) is 23.1 Å². The molecule has 1 aliphatic heterocycles. The van der Waals surface area contributed by atoms with Crippen molar-refractivity contribution in [2.45, 2.75) is 32.0 Å². The molecule has 7 nitrogen and oxygen atoms in total. The van der Waals surface area contributed by atoms with Crippen LogP contribution in [0.2, 0.25) is 0 Å². The predicted octanol–water partition coefficient (Wildman–Crippen LogP) is 1.17. The minimum Gasteiger partial charge on any atom is -0.390 e. The van der Waals surface area contributed by atoms with Crippen molar-refractivity contribution in [1.29, 1.82) is 0 Å². The average molecular weight is 354 g/mol. The van der Waals surface area contributed by atoms with E-state index < -0.39 is 0 Å². The number of amides is 1. The first kappa shape index (κ1) is 14.3. The quantitative estimate of drug-likeness (QED) is 0.863. The van der Waals surface area contributed by atoms with Crippen molar-refractivity contribution in [3.8, 4) is 0 Å². The Morgan fingerprint density at radius 2 is 2.43 bits per heavy atom. The number of hydrogen-bond acceptors (Lipinski definition) is 4. The Bertz CT molecular complexity index is 638. The van der Waals surface area contributed by atoms with E-state index in [4.69, 9.17) is 5.11 Å². The van der Waals surface area contributed by atoms with E-state index in [1.165, 1.54) is 0 Å². The van der Waals surface area contributed by atoms with Crippen LogP contribution in [-0.4, -0.2) is 48.5 Å². The Balaban J connectivity index is 1.71. The van der Waals surface area contributed by atoms with Crippen molar-refractivity contribution >= 4 is 21.8 Å². The van der Waals surface area contributed by atoms with E-state index in [2.05, 4.69) is 31.2 Å². The molecule has 3 heterocycles. The average Bonchev–Trinajstić information content (AvgIpc) is 3.19. The van der Waals surface area contributed by atoms with Crippen molar-refractivity contribution in [2.75, 3.05) is 6.54 Å². The van der Waals surface area contributed by atoms with Crippen LogP contribution in [0.4, 0.5) is 0 Å². The molecule has 0 aliphatic carbocycles. The molecule has 2 N–H and O–H groups in total. The van der Waals surface area contributed by atoms with E-state index in [1.807, 2.05) is 4.90 Å². The fourth-order valence-electron chi connectivity index (χ4n) is 2.66. The first-order valence-electron chi connectivity index (χ1n) is 6.82. The Morgan fingerprint density at radius 1 is 1.57 bits per heavy atom. The second-order valence-corrected chi connectivity index (χ2v) is 6.03. The van der Waals surface area contributed by atoms with Gasteiger partial charge in [0.25, 0.3) is 5.91 Å². The summed E-state index contributed by atoms with van der Waals surface area (Å²) >= 11 is 3.34. The van der Waals surface area contributed by atoms with Gasteiger partial charge in [0.1, 0.15) is 11.4 Å². The number of aliphatic hydroxyl groups is 1. The van der Waals surface area contributed by atoms with Crippen LogP contribution in [0.3, 0.4) is 0 Å². The molecule has 0 unspecified atom stereocenters. The molecule has 8 heteroatoms. The summed E-state index contributed by atoms with van der Waals surface area (Å²) in [5.74, 6) is 0.00527. The second kappa shape index (κ2) is 5.98. The Kier molecular flexibility index (Phi) is 4.07. The third kappa shape index (κ3) is 3.01. The number of halogens is 1. The number of rotatable bonds is 4. The van der Waals surface area contributed by atoms with Crippen LogP contribution in [-0.2, 0) is 13.2 Å². The summed E-state index contributed by atoms with van der Waals surface area (Å²) in [7, 11) is 0. The number of hydrogen-bond donors (Lipinski definition) is 2. The SMILES string of the molecule is O=C(c1cc(Br)c[nH]1)N1CCC[C@H]1Cn1cc(CO)nn1. The van der Waals surface area contributed by atoms with Gasteiger partial charge in [-0.15, -0.1) is 5.10 Å². The normalized spacial score (nSPS) is 18.4. The van der Waals surface area contributed by atoms with Crippen molar-refractivity contribution in [1.82, 2.24) is 24.9 Å². The van der Waals surface area contributed by atoms with Crippen molar-refractivity contribution in [3.05, 3.63) is 34.3 Å². The summed E-state index contributed by atoms with van der Waals surface area (Å²) in [5, 5.41) is 16.8. The number of carbonyl (C=O) groups is 1. The molecule has 3 rings (SSSR count). The summed E-state index contributed by atoms with van der Waals surface area (Å²) in [4.78, 5) is 17.4. The standard InChI is InChI=1S/C13H16BrN5O2/c14-9-4-12(15-5-9)13(21)19-3-1-2-11(19)7-18-6-10(8-20)16-17-18/h4-6,11,15,20H,1-3,7-8H2/t11-/m0/s1. The topological polar surface area (TPSA) is 87.0 Å². The molecular formula is C13H16BrN5O2. The lowest BCUT2D eigenvalue weighted by Gasteiger charge is -2.24. The molecule has 1 fully saturated rings. The van der Waals surface area contributed by atoms with E-state index in [0.717, 1.165) is 23.9 Å². The number of aliphatic hydroxyl groups excluding tert-OH is 1. The van der Waals surface area contributed by atoms with Crippen LogP contribution in [0, 0.1) is 0 Å². The predicted molar refractivity (Wildman–Crippen MR) is 78.5 cm³/mol. The van der Waals surface area contributed by atoms with Gasteiger partial charge in [-0.05, 0) is 34.8 Å². The molecular weight excluding hydrogens is 338 g/mol. The van der Waals surface area contributed by atoms with Gasteiger partial charge in [0.2, 0.25) is 0 Å². The van der Waals surface area contributed by atoms with E-state index in [0.29, 0.717) is 17.9 Å². The third-order valence-corrected chi connectivity index (χ3v) is 4.12. The third-order valence-electron chi connectivity index (χ3n) is 3.66. The molecule has 2 aromatic rings. The molecule has 1 saturated heterocycles. The van der Waals surface area contributed by atoms with E-state index in [9.17, 15) is 4.79 Å². The van der Waals surface area contributed by atoms with Crippen LogP contribution >= 0.6 is 15.9 Å². The number of nitrogens with zero attached hydrogens (tertiary/aromatic N) is 4. The molecule has 21 heavy (non-hydrogen) atoms. The van der Waals surface area contributed by atoms with Gasteiger partial charge >= 0.3 is 0 Å². The summed E-state index contributed by atoms with van der Waals surface area (Å²) in [6, 6.07) is 1.89. The van der Waals surface area contributed by atoms with Gasteiger partial charge in [-0.3, -0.25) is 9.48 Å². The Labute approximate surface area is 130 Å². The zero-order valence-corrected chi connectivity index (χ0v) is 13.0. The van der Waals surface area contributed by atoms with Gasteiger partial charge in [0.15, 0.2) is 0 Å². The Morgan fingerprint density at radius 3 is 3.10 bits per heavy atom. The summed E-state index contributed by atoms with van der Waals surface area (Å²) in [6.07, 6.45) is 5.40. The van der Waals surface area contributed by atoms with Gasteiger partial charge in [0.05, 0.1) is 25.4 Å². The van der Waals surface area contributed by atoms with E-state index >= 15 is 0 Å². The maximum atomic E-state index is 12.5. The zero-order valence-electron chi connectivity index (χ0n) is 11.4. The van der Waals surface area contributed by atoms with Gasteiger partial charge in [-0.2, -0.15) is 0 Å². The minimum atomic E-state index is -0.121. The first-order chi connectivity index (χ1) is 10.2. The second-order valence-electron chi connectivity index (χ2n) is 5.12. The summed E-state index contributed by atoms with van der Waals surface area (Å²) in [6.45, 7) is 1.23. The molecule has 1 atom stereocenters. The van der Waals surface area contributed by atoms with Gasteiger partial charge in [-0.1, -0.05) is 5.21 Å². The molecule has 1 amide bonds. The van der Waals surface area contributed by atoms with Crippen LogP contribution in [0.1, 0.15) is 29.0 Å². The molecule has 2 aromatic heterocycles. The summed E-state index contributed by atoms with van der Waals surface area (Å²) < 4.78 is 2.55. The number of aromatic amines is 1. The molecule has 0 radical (unpaired) electrons. The molecule has 0 saturated carbocycles. The molecule has 112 valence electrons. The van der Waals surface area contributed by atoms with Crippen LogP contribution in [0.15, 0.2) is 22.9 Å². The fraction of sp³-hybridized carbons (Fsp3) is 0.462. The largest absolute Gasteiger partial charge is 0.390 e. The lowest BCUT2D eigenvalue weighted by Crippen LogP contribution is -2.38. The van der Waals surface area contributed by atoms with Crippen LogP contribution in [0.25, 0.3) is 0 Å². The maximum absolute atomic E-state index is 12.5. The van der Waals surface area contributed by atoms with Gasteiger partial charge in [0, 0.05) is 17.2 Å². The van der Waals surface area contributed by atoms with Crippen LogP contribution < -0.4 is 0 Å². The minimum absolute atomic E-state index is 0.00527. The fourth-order valence-corrected chi connectivity index (χ4v) is 3.00. The van der Waals surface area contributed by atoms with Crippen molar-refractivity contribution < 1.29 is 9.90 Å². The van der Waals surface area contributed by atoms with Gasteiger partial charge < -0.3 is 15.0 Å². The molecule has 1 aliphatic rings. The molecule has 0 aromatic carbocycles. The molecule has 0 bridgehead atoms. The van der Waals surface area contributed by atoms with Gasteiger partial charge in [-0.25, -0.2) is 0 Å². The van der Waals surface area contributed by atoms with Crippen LogP contribution in [0.5, 0.6) is 0 Å². The highest BCUT2D eigenvalue weighted by Crippen LogP contribution is 2.22. The van der Waals surface area contributed by atoms with Crippen molar-refractivity contribution in [2.24, 2.45) is 0 Å². The summed E-state index contributed by atoms with van der Waals surface area (Å²) in [5.41, 5.74) is 1.13. The monoisotopic (exact) mass is 353 g/mol. The lowest BCUT2D eigenvalue weighted by molar-refractivity contribution is 0.0716.